The summed E-state index contributed by atoms with van der Waals surface area (Å²) in [6.45, 7) is 4.03. The fourth-order valence-corrected chi connectivity index (χ4v) is 3.95. The highest BCUT2D eigenvalue weighted by atomic mass is 16.3. The highest BCUT2D eigenvalue weighted by molar-refractivity contribution is 6.01. The van der Waals surface area contributed by atoms with Gasteiger partial charge in [-0.1, -0.05) is 26.0 Å². The van der Waals surface area contributed by atoms with Crippen LogP contribution >= 0.6 is 0 Å². The van der Waals surface area contributed by atoms with E-state index in [9.17, 15) is 19.5 Å². The Morgan fingerprint density at radius 2 is 1.73 bits per heavy atom. The lowest BCUT2D eigenvalue weighted by Crippen LogP contribution is -2.38. The summed E-state index contributed by atoms with van der Waals surface area (Å²) in [4.78, 5) is 42.1. The van der Waals surface area contributed by atoms with Gasteiger partial charge in [0.15, 0.2) is 5.78 Å². The molecule has 2 aliphatic rings. The summed E-state index contributed by atoms with van der Waals surface area (Å²) in [5, 5.41) is 12.7. The van der Waals surface area contributed by atoms with Crippen LogP contribution in [0.25, 0.3) is 0 Å². The standard InChI is InChI=1S/C19H19N3O4/c1-19(2)7-11-14(12(24)8-19)13(9-3-5-10(23)6-4-9)15-16(20-11)21-18(26)22-17(15)25/h3-6,13,23H,7-8H2,1-2H3,(H3,20,21,22,25,26). The first kappa shape index (κ1) is 16.4. The quantitative estimate of drug-likeness (QED) is 0.626. The molecule has 134 valence electrons. The summed E-state index contributed by atoms with van der Waals surface area (Å²) >= 11 is 0. The van der Waals surface area contributed by atoms with E-state index in [1.165, 1.54) is 12.1 Å². The first-order valence-electron chi connectivity index (χ1n) is 8.44. The summed E-state index contributed by atoms with van der Waals surface area (Å²) in [5.74, 6) is -0.186. The zero-order chi connectivity index (χ0) is 18.6. The molecule has 4 N–H and O–H groups in total. The molecule has 1 unspecified atom stereocenters. The maximum absolute atomic E-state index is 13.0. The number of Topliss-reactive ketones (excluding diaryl/α,β-unsaturated/α-hetero) is 1. The third kappa shape index (κ3) is 2.56. The van der Waals surface area contributed by atoms with E-state index in [0.717, 1.165) is 5.70 Å². The molecule has 26 heavy (non-hydrogen) atoms. The molecule has 0 radical (unpaired) electrons. The minimum Gasteiger partial charge on any atom is -0.508 e. The van der Waals surface area contributed by atoms with Crippen molar-refractivity contribution in [3.05, 3.63) is 67.5 Å². The molecule has 1 aromatic carbocycles. The average molecular weight is 353 g/mol. The normalized spacial score (nSPS) is 21.0. The van der Waals surface area contributed by atoms with Crippen LogP contribution in [0.2, 0.25) is 0 Å². The third-order valence-electron chi connectivity index (χ3n) is 4.98. The Morgan fingerprint density at radius 3 is 2.42 bits per heavy atom. The number of benzene rings is 1. The molecule has 0 fully saturated rings. The van der Waals surface area contributed by atoms with Gasteiger partial charge < -0.3 is 10.4 Å². The second-order valence-electron chi connectivity index (χ2n) is 7.68. The van der Waals surface area contributed by atoms with Gasteiger partial charge in [0.2, 0.25) is 0 Å². The molecule has 2 heterocycles. The van der Waals surface area contributed by atoms with Crippen LogP contribution in [0.5, 0.6) is 5.75 Å². The number of hydrogen-bond acceptors (Lipinski definition) is 5. The lowest BCUT2D eigenvalue weighted by Gasteiger charge is -2.38. The van der Waals surface area contributed by atoms with Crippen LogP contribution in [0.15, 0.2) is 45.1 Å². The molecule has 7 heteroatoms. The Kier molecular flexibility index (Phi) is 3.44. The summed E-state index contributed by atoms with van der Waals surface area (Å²) in [6.07, 6.45) is 1.02. The molecule has 0 spiro atoms. The highest BCUT2D eigenvalue weighted by Gasteiger charge is 2.42. The number of nitrogens with one attached hydrogen (secondary N) is 3. The predicted octanol–water partition coefficient (Wildman–Crippen LogP) is 1.97. The number of phenols is 1. The number of carbonyl (C=O) groups is 1. The first-order valence-corrected chi connectivity index (χ1v) is 8.44. The fourth-order valence-electron chi connectivity index (χ4n) is 3.95. The zero-order valence-corrected chi connectivity index (χ0v) is 14.5. The maximum atomic E-state index is 13.0. The fraction of sp³-hybridized carbons (Fsp3) is 0.316. The topological polar surface area (TPSA) is 115 Å². The van der Waals surface area contributed by atoms with Crippen LogP contribution in [0.4, 0.5) is 5.82 Å². The van der Waals surface area contributed by atoms with Crippen molar-refractivity contribution in [2.24, 2.45) is 5.41 Å². The largest absolute Gasteiger partial charge is 0.508 e. The van der Waals surface area contributed by atoms with Gasteiger partial charge in [0, 0.05) is 23.6 Å². The van der Waals surface area contributed by atoms with Gasteiger partial charge in [0.05, 0.1) is 5.56 Å². The summed E-state index contributed by atoms with van der Waals surface area (Å²) in [5.41, 5.74) is 0.972. The molecule has 0 bridgehead atoms. The van der Waals surface area contributed by atoms with Crippen molar-refractivity contribution in [1.82, 2.24) is 9.97 Å². The van der Waals surface area contributed by atoms with Crippen molar-refractivity contribution in [2.45, 2.75) is 32.6 Å². The number of hydrogen-bond donors (Lipinski definition) is 4. The summed E-state index contributed by atoms with van der Waals surface area (Å²) in [6, 6.07) is 6.43. The van der Waals surface area contributed by atoms with E-state index in [0.29, 0.717) is 35.4 Å². The van der Waals surface area contributed by atoms with E-state index in [-0.39, 0.29) is 16.9 Å². The number of fused-ring (bicyclic) bond motifs is 1. The lowest BCUT2D eigenvalue weighted by molar-refractivity contribution is -0.118. The summed E-state index contributed by atoms with van der Waals surface area (Å²) in [7, 11) is 0. The second kappa shape index (κ2) is 5.45. The number of aromatic nitrogens is 2. The number of anilines is 1. The number of aromatic amines is 2. The maximum Gasteiger partial charge on any atom is 0.327 e. The smallest absolute Gasteiger partial charge is 0.327 e. The van der Waals surface area contributed by atoms with Crippen molar-refractivity contribution in [3.63, 3.8) is 0 Å². The first-order chi connectivity index (χ1) is 12.2. The van der Waals surface area contributed by atoms with E-state index in [2.05, 4.69) is 15.3 Å². The van der Waals surface area contributed by atoms with Gasteiger partial charge in [-0.15, -0.1) is 0 Å². The van der Waals surface area contributed by atoms with E-state index < -0.39 is 17.2 Å². The third-order valence-corrected chi connectivity index (χ3v) is 4.98. The minimum atomic E-state index is -0.601. The highest BCUT2D eigenvalue weighted by Crippen LogP contribution is 2.47. The molecule has 1 aromatic heterocycles. The van der Waals surface area contributed by atoms with Crippen LogP contribution in [0.1, 0.15) is 43.7 Å². The molecule has 7 nitrogen and oxygen atoms in total. The van der Waals surface area contributed by atoms with Gasteiger partial charge in [-0.2, -0.15) is 0 Å². The van der Waals surface area contributed by atoms with Crippen molar-refractivity contribution < 1.29 is 9.90 Å². The molecule has 1 aliphatic heterocycles. The van der Waals surface area contributed by atoms with Crippen LogP contribution in [-0.2, 0) is 4.79 Å². The second-order valence-corrected chi connectivity index (χ2v) is 7.68. The lowest BCUT2D eigenvalue weighted by atomic mass is 9.69. The van der Waals surface area contributed by atoms with Crippen LogP contribution in [-0.4, -0.2) is 20.9 Å². The Bertz CT molecular complexity index is 1060. The van der Waals surface area contributed by atoms with Crippen LogP contribution in [0.3, 0.4) is 0 Å². The number of carbonyl (C=O) groups excluding carboxylic acids is 1. The molecule has 1 atom stereocenters. The van der Waals surface area contributed by atoms with E-state index in [1.807, 2.05) is 13.8 Å². The van der Waals surface area contributed by atoms with Gasteiger partial charge in [-0.05, 0) is 29.5 Å². The minimum absolute atomic E-state index is 0.0157. The van der Waals surface area contributed by atoms with E-state index >= 15 is 0 Å². The van der Waals surface area contributed by atoms with Crippen LogP contribution < -0.4 is 16.6 Å². The molecule has 2 aromatic rings. The van der Waals surface area contributed by atoms with Crippen molar-refractivity contribution in [1.29, 1.82) is 0 Å². The number of phenolic OH excluding ortho intramolecular Hbond substituents is 1. The predicted molar refractivity (Wildman–Crippen MR) is 96.3 cm³/mol. The molecule has 0 amide bonds. The number of H-pyrrole nitrogens is 2. The SMILES string of the molecule is CC1(C)CC(=O)C2=C(C1)Nc1[nH]c(=O)[nH]c(=O)c1C2c1ccc(O)cc1. The molecule has 4 rings (SSSR count). The van der Waals surface area contributed by atoms with Gasteiger partial charge in [-0.3, -0.25) is 19.6 Å². The Balaban J connectivity index is 2.00. The number of aromatic hydroxyl groups is 1. The van der Waals surface area contributed by atoms with Crippen molar-refractivity contribution in [2.75, 3.05) is 5.32 Å². The van der Waals surface area contributed by atoms with Crippen molar-refractivity contribution >= 4 is 11.6 Å². The van der Waals surface area contributed by atoms with E-state index in [4.69, 9.17) is 0 Å². The van der Waals surface area contributed by atoms with Gasteiger partial charge in [-0.25, -0.2) is 4.79 Å². The number of ketones is 1. The number of allylic oxidation sites excluding steroid dienone is 2. The number of rotatable bonds is 1. The van der Waals surface area contributed by atoms with Crippen molar-refractivity contribution in [3.8, 4) is 5.75 Å². The van der Waals surface area contributed by atoms with Gasteiger partial charge >= 0.3 is 5.69 Å². The van der Waals surface area contributed by atoms with Crippen LogP contribution in [0, 0.1) is 5.41 Å². The molecule has 0 saturated heterocycles. The summed E-state index contributed by atoms with van der Waals surface area (Å²) < 4.78 is 0. The monoisotopic (exact) mass is 353 g/mol. The Morgan fingerprint density at radius 1 is 1.04 bits per heavy atom. The molecular formula is C19H19N3O4. The Hall–Kier alpha value is -3.09. The zero-order valence-electron chi connectivity index (χ0n) is 14.5. The van der Waals surface area contributed by atoms with E-state index in [1.54, 1.807) is 12.1 Å². The van der Waals surface area contributed by atoms with Gasteiger partial charge in [0.25, 0.3) is 5.56 Å². The molecule has 1 aliphatic carbocycles. The van der Waals surface area contributed by atoms with Gasteiger partial charge in [0.1, 0.15) is 11.6 Å². The molecular weight excluding hydrogens is 334 g/mol. The average Bonchev–Trinajstić information content (AvgIpc) is 2.52. The Labute approximate surface area is 148 Å². The molecule has 0 saturated carbocycles.